The third-order valence-corrected chi connectivity index (χ3v) is 3.81. The van der Waals surface area contributed by atoms with Crippen LogP contribution in [-0.2, 0) is 0 Å². The van der Waals surface area contributed by atoms with Crippen molar-refractivity contribution in [2.45, 2.75) is 5.16 Å². The summed E-state index contributed by atoms with van der Waals surface area (Å²) in [5.41, 5.74) is -0.699. The van der Waals surface area contributed by atoms with Crippen LogP contribution < -0.4 is 10.9 Å². The smallest absolute Gasteiger partial charge is 0.268 e. The van der Waals surface area contributed by atoms with Gasteiger partial charge in [-0.25, -0.2) is 4.39 Å². The van der Waals surface area contributed by atoms with Gasteiger partial charge >= 0.3 is 0 Å². The largest absolute Gasteiger partial charge is 0.493 e. The highest BCUT2D eigenvalue weighted by Gasteiger charge is 2.20. The lowest BCUT2D eigenvalue weighted by molar-refractivity contribution is 0.102. The average Bonchev–Trinajstić information content (AvgIpc) is 3.10. The highest BCUT2D eigenvalue weighted by molar-refractivity contribution is 7.98. The molecule has 0 aliphatic rings. The number of hydrogen-bond donors (Lipinski definition) is 4. The van der Waals surface area contributed by atoms with E-state index in [0.29, 0.717) is 11.3 Å². The molecule has 11 heteroatoms. The molecule has 0 saturated carbocycles. The molecule has 2 aromatic heterocycles. The maximum atomic E-state index is 14.2. The number of rotatable bonds is 4. The predicted octanol–water partition coefficient (Wildman–Crippen LogP) is 1.37. The topological polar surface area (TPSA) is 137 Å². The minimum Gasteiger partial charge on any atom is -0.493 e. The first-order valence-corrected chi connectivity index (χ1v) is 8.07. The first-order valence-electron chi connectivity index (χ1n) is 6.84. The lowest BCUT2D eigenvalue weighted by Gasteiger charge is -2.08. The quantitative estimate of drug-likeness (QED) is 0.406. The molecule has 0 radical (unpaired) electrons. The van der Waals surface area contributed by atoms with Crippen LogP contribution in [0, 0.1) is 5.82 Å². The Hall–Kier alpha value is -3.21. The molecule has 0 aliphatic heterocycles. The molecule has 1 amide bonds. The van der Waals surface area contributed by atoms with Crippen LogP contribution in [0.5, 0.6) is 5.88 Å². The number of aromatic hydroxyl groups is 1. The summed E-state index contributed by atoms with van der Waals surface area (Å²) in [6.07, 6.45) is 3.13. The van der Waals surface area contributed by atoms with Crippen molar-refractivity contribution < 1.29 is 14.3 Å². The Kier molecular flexibility index (Phi) is 4.48. The van der Waals surface area contributed by atoms with E-state index < -0.39 is 28.7 Å². The lowest BCUT2D eigenvalue weighted by Crippen LogP contribution is -2.24. The summed E-state index contributed by atoms with van der Waals surface area (Å²) in [5, 5.41) is 22.0. The van der Waals surface area contributed by atoms with Crippen molar-refractivity contribution in [3.05, 3.63) is 46.1 Å². The molecule has 0 fully saturated rings. The molecule has 2 heterocycles. The van der Waals surface area contributed by atoms with Gasteiger partial charge in [0.05, 0.1) is 5.69 Å². The maximum Gasteiger partial charge on any atom is 0.268 e. The van der Waals surface area contributed by atoms with Crippen LogP contribution in [0.15, 0.2) is 34.3 Å². The van der Waals surface area contributed by atoms with Gasteiger partial charge in [0.25, 0.3) is 11.5 Å². The van der Waals surface area contributed by atoms with Crippen molar-refractivity contribution in [1.29, 1.82) is 0 Å². The van der Waals surface area contributed by atoms with Gasteiger partial charge < -0.3 is 15.4 Å². The van der Waals surface area contributed by atoms with Gasteiger partial charge in [-0.3, -0.25) is 14.7 Å². The summed E-state index contributed by atoms with van der Waals surface area (Å²) in [5.74, 6) is -2.45. The number of hydrogen-bond acceptors (Lipinski definition) is 7. The van der Waals surface area contributed by atoms with E-state index in [4.69, 9.17) is 0 Å². The fraction of sp³-hybridized carbons (Fsp3) is 0.0714. The number of benzene rings is 1. The van der Waals surface area contributed by atoms with Crippen molar-refractivity contribution in [3.63, 3.8) is 0 Å². The van der Waals surface area contributed by atoms with E-state index in [1.54, 1.807) is 6.26 Å². The summed E-state index contributed by atoms with van der Waals surface area (Å²) < 4.78 is 14.2. The van der Waals surface area contributed by atoms with Crippen LogP contribution >= 0.6 is 11.8 Å². The second-order valence-electron chi connectivity index (χ2n) is 4.78. The normalized spacial score (nSPS) is 10.6. The zero-order chi connectivity index (χ0) is 18.0. The van der Waals surface area contributed by atoms with Crippen molar-refractivity contribution >= 4 is 23.4 Å². The number of amides is 1. The molecule has 25 heavy (non-hydrogen) atoms. The molecule has 0 aliphatic carbocycles. The Labute approximate surface area is 143 Å². The monoisotopic (exact) mass is 362 g/mol. The van der Waals surface area contributed by atoms with E-state index >= 15 is 0 Å². The van der Waals surface area contributed by atoms with Gasteiger partial charge in [-0.15, -0.1) is 5.10 Å². The number of anilines is 1. The van der Waals surface area contributed by atoms with Gasteiger partial charge in [-0.2, -0.15) is 4.98 Å². The van der Waals surface area contributed by atoms with Crippen LogP contribution in [0.2, 0.25) is 0 Å². The first kappa shape index (κ1) is 16.6. The number of nitrogens with zero attached hydrogens (tertiary/aromatic N) is 3. The van der Waals surface area contributed by atoms with Crippen molar-refractivity contribution in [3.8, 4) is 17.1 Å². The summed E-state index contributed by atoms with van der Waals surface area (Å²) in [6, 6.07) is 3.99. The van der Waals surface area contributed by atoms with Crippen LogP contribution in [0.1, 0.15) is 10.4 Å². The van der Waals surface area contributed by atoms with E-state index in [1.807, 2.05) is 0 Å². The average molecular weight is 362 g/mol. The number of carbonyl (C=O) groups is 1. The third-order valence-electron chi connectivity index (χ3n) is 3.23. The van der Waals surface area contributed by atoms with E-state index in [1.165, 1.54) is 18.3 Å². The fourth-order valence-electron chi connectivity index (χ4n) is 2.05. The summed E-state index contributed by atoms with van der Waals surface area (Å²) in [6.45, 7) is 0. The van der Waals surface area contributed by atoms with Crippen LogP contribution in [0.3, 0.4) is 0 Å². The SMILES string of the molecule is CSc1nc(O)c(C(=O)Nc2ccc(-c3c[nH]nn3)cc2F)c(=O)[nH]1. The zero-order valence-electron chi connectivity index (χ0n) is 12.7. The summed E-state index contributed by atoms with van der Waals surface area (Å²) >= 11 is 1.09. The molecule has 4 N–H and O–H groups in total. The molecule has 3 rings (SSSR count). The van der Waals surface area contributed by atoms with E-state index in [0.717, 1.165) is 17.8 Å². The Morgan fingerprint density at radius 1 is 1.40 bits per heavy atom. The van der Waals surface area contributed by atoms with Gasteiger partial charge in [-0.1, -0.05) is 23.0 Å². The first-order chi connectivity index (χ1) is 12.0. The van der Waals surface area contributed by atoms with Crippen LogP contribution in [0.4, 0.5) is 10.1 Å². The minimum atomic E-state index is -0.980. The van der Waals surface area contributed by atoms with Crippen LogP contribution in [-0.4, -0.2) is 42.6 Å². The number of H-pyrrole nitrogens is 2. The van der Waals surface area contributed by atoms with Gasteiger partial charge in [0.15, 0.2) is 10.7 Å². The van der Waals surface area contributed by atoms with Gasteiger partial charge in [0.1, 0.15) is 11.5 Å². The Bertz CT molecular complexity index is 989. The highest BCUT2D eigenvalue weighted by Crippen LogP contribution is 2.23. The van der Waals surface area contributed by atoms with Crippen LogP contribution in [0.25, 0.3) is 11.3 Å². The molecule has 0 atom stereocenters. The summed E-state index contributed by atoms with van der Waals surface area (Å²) in [7, 11) is 0. The Morgan fingerprint density at radius 3 is 2.80 bits per heavy atom. The molecule has 9 nitrogen and oxygen atoms in total. The maximum absolute atomic E-state index is 14.2. The van der Waals surface area contributed by atoms with Crippen molar-refractivity contribution in [1.82, 2.24) is 25.4 Å². The fourth-order valence-corrected chi connectivity index (χ4v) is 2.42. The highest BCUT2D eigenvalue weighted by atomic mass is 32.2. The predicted molar refractivity (Wildman–Crippen MR) is 88.0 cm³/mol. The third kappa shape index (κ3) is 3.35. The summed E-state index contributed by atoms with van der Waals surface area (Å²) in [4.78, 5) is 30.1. The van der Waals surface area contributed by atoms with Crippen molar-refractivity contribution in [2.24, 2.45) is 0 Å². The molecule has 0 spiro atoms. The number of halogens is 1. The van der Waals surface area contributed by atoms with Crippen molar-refractivity contribution in [2.75, 3.05) is 11.6 Å². The number of aromatic nitrogens is 5. The van der Waals surface area contributed by atoms with E-state index in [-0.39, 0.29) is 10.8 Å². The number of nitrogens with one attached hydrogen (secondary N) is 3. The number of thioether (sulfide) groups is 1. The van der Waals surface area contributed by atoms with E-state index in [2.05, 4.69) is 30.7 Å². The molecule has 0 saturated heterocycles. The number of aromatic amines is 2. The Morgan fingerprint density at radius 2 is 2.20 bits per heavy atom. The molecule has 1 aromatic carbocycles. The standard InChI is InChI=1S/C14H11FN6O3S/c1-25-14-18-12(23)10(13(24)19-14)11(22)17-8-3-2-6(4-7(8)15)9-5-16-21-20-9/h2-5H,1H3,(H,17,22)(H,16,20,21)(H2,18,19,23,24). The lowest BCUT2D eigenvalue weighted by atomic mass is 10.1. The molecule has 3 aromatic rings. The number of carbonyl (C=O) groups excluding carboxylic acids is 1. The molecular formula is C14H11FN6O3S. The molecule has 0 unspecified atom stereocenters. The van der Waals surface area contributed by atoms with Gasteiger partial charge in [0.2, 0.25) is 5.88 Å². The minimum absolute atomic E-state index is 0.155. The molecule has 128 valence electrons. The van der Waals surface area contributed by atoms with Gasteiger partial charge in [-0.05, 0) is 18.4 Å². The van der Waals surface area contributed by atoms with Gasteiger partial charge in [0, 0.05) is 11.8 Å². The Balaban J connectivity index is 1.88. The zero-order valence-corrected chi connectivity index (χ0v) is 13.5. The van der Waals surface area contributed by atoms with E-state index in [9.17, 15) is 19.1 Å². The second-order valence-corrected chi connectivity index (χ2v) is 5.58. The second kappa shape index (κ2) is 6.73. The molecular weight excluding hydrogens is 351 g/mol. The molecule has 0 bridgehead atoms.